The van der Waals surface area contributed by atoms with Gasteiger partial charge in [-0.15, -0.1) is 23.5 Å². The number of esters is 2. The van der Waals surface area contributed by atoms with Gasteiger partial charge in [-0.25, -0.2) is 0 Å². The molecule has 0 saturated carbocycles. The zero-order chi connectivity index (χ0) is 13.4. The van der Waals surface area contributed by atoms with Crippen LogP contribution in [0.15, 0.2) is 0 Å². The molecule has 0 aromatic carbocycles. The van der Waals surface area contributed by atoms with Crippen molar-refractivity contribution >= 4 is 60.7 Å². The maximum atomic E-state index is 11.3. The smallest absolute Gasteiger partial charge is 0.307 e. The molecule has 0 aliphatic carbocycles. The van der Waals surface area contributed by atoms with Gasteiger partial charge in [0.1, 0.15) is 0 Å². The number of thioether (sulfide) groups is 2. The first-order valence-corrected chi connectivity index (χ1v) is 8.86. The molecule has 8 heteroatoms. The Hall–Kier alpha value is 0.340. The number of hydrogen-bond acceptors (Lipinski definition) is 8. The molecule has 104 valence electrons. The van der Waals surface area contributed by atoms with Gasteiger partial charge >= 0.3 is 11.9 Å². The Morgan fingerprint density at radius 2 is 1.33 bits per heavy atom. The minimum absolute atomic E-state index is 0.151. The summed E-state index contributed by atoms with van der Waals surface area (Å²) >= 11 is 10.9. The van der Waals surface area contributed by atoms with Crippen LogP contribution in [0, 0.1) is 0 Å². The second-order valence-electron chi connectivity index (χ2n) is 3.45. The average Bonchev–Trinajstić information content (AvgIpc) is 2.32. The van der Waals surface area contributed by atoms with Crippen molar-refractivity contribution in [3.05, 3.63) is 0 Å². The van der Waals surface area contributed by atoms with E-state index in [9.17, 15) is 9.59 Å². The Morgan fingerprint density at radius 1 is 0.944 bits per heavy atom. The summed E-state index contributed by atoms with van der Waals surface area (Å²) in [5, 5.41) is 0. The highest BCUT2D eigenvalue weighted by Gasteiger charge is 2.26. The predicted molar refractivity (Wildman–Crippen MR) is 81.6 cm³/mol. The fourth-order valence-corrected chi connectivity index (χ4v) is 4.03. The van der Waals surface area contributed by atoms with Crippen molar-refractivity contribution in [2.24, 2.45) is 0 Å². The van der Waals surface area contributed by atoms with E-state index in [1.54, 1.807) is 0 Å². The first-order valence-electron chi connectivity index (χ1n) is 5.49. The molecule has 2 unspecified atom stereocenters. The molecule has 2 atom stereocenters. The molecule has 1 heterocycles. The fraction of sp³-hybridized carbons (Fsp3) is 0.800. The van der Waals surface area contributed by atoms with Crippen LogP contribution in [0.5, 0.6) is 0 Å². The summed E-state index contributed by atoms with van der Waals surface area (Å²) in [5.74, 6) is 1.81. The lowest BCUT2D eigenvalue weighted by molar-refractivity contribution is -0.145. The van der Waals surface area contributed by atoms with Crippen molar-refractivity contribution in [3.63, 3.8) is 0 Å². The Kier molecular flexibility index (Phi) is 8.45. The third kappa shape index (κ3) is 6.49. The van der Waals surface area contributed by atoms with E-state index < -0.39 is 0 Å². The second-order valence-corrected chi connectivity index (χ2v) is 6.73. The highest BCUT2D eigenvalue weighted by molar-refractivity contribution is 8.06. The van der Waals surface area contributed by atoms with Gasteiger partial charge in [-0.1, -0.05) is 0 Å². The number of thiol groups is 2. The monoisotopic (exact) mass is 328 g/mol. The number of hydrogen-bond donors (Lipinski definition) is 2. The third-order valence-electron chi connectivity index (χ3n) is 1.99. The van der Waals surface area contributed by atoms with Gasteiger partial charge in [-0.3, -0.25) is 9.59 Å². The standard InChI is InChI=1S/C10H16O4S4/c11-7(1-3-15)13-9-5-18-10(6-17-9)14-8(12)2-4-16/h9-10,15-16H,1-6H2. The third-order valence-corrected chi connectivity index (χ3v) is 5.12. The summed E-state index contributed by atoms with van der Waals surface area (Å²) in [5.41, 5.74) is -0.301. The van der Waals surface area contributed by atoms with Gasteiger partial charge in [-0.05, 0) is 0 Å². The van der Waals surface area contributed by atoms with Crippen molar-refractivity contribution in [3.8, 4) is 0 Å². The van der Waals surface area contributed by atoms with Gasteiger partial charge in [-0.2, -0.15) is 25.3 Å². The molecule has 1 aliphatic heterocycles. The minimum Gasteiger partial charge on any atom is -0.450 e. The first-order chi connectivity index (χ1) is 8.65. The molecule has 0 N–H and O–H groups in total. The summed E-state index contributed by atoms with van der Waals surface area (Å²) in [6.45, 7) is 0. The number of ether oxygens (including phenoxy) is 2. The molecule has 0 aromatic rings. The van der Waals surface area contributed by atoms with E-state index in [4.69, 9.17) is 9.47 Å². The van der Waals surface area contributed by atoms with E-state index in [1.165, 1.54) is 23.5 Å². The van der Waals surface area contributed by atoms with E-state index >= 15 is 0 Å². The van der Waals surface area contributed by atoms with Gasteiger partial charge in [0.05, 0.1) is 12.8 Å². The quantitative estimate of drug-likeness (QED) is 0.573. The van der Waals surface area contributed by atoms with Gasteiger partial charge in [0.15, 0.2) is 10.9 Å². The molecule has 0 amide bonds. The summed E-state index contributed by atoms with van der Waals surface area (Å²) in [4.78, 5) is 22.5. The van der Waals surface area contributed by atoms with E-state index in [1.807, 2.05) is 0 Å². The average molecular weight is 329 g/mol. The molecule has 1 aliphatic rings. The fourth-order valence-electron chi connectivity index (χ4n) is 1.20. The van der Waals surface area contributed by atoms with Gasteiger partial charge in [0.25, 0.3) is 0 Å². The highest BCUT2D eigenvalue weighted by atomic mass is 32.2. The minimum atomic E-state index is -0.228. The SMILES string of the molecule is O=C(CCS)OC1CSC(OC(=O)CCS)CS1. The maximum Gasteiger partial charge on any atom is 0.307 e. The van der Waals surface area contributed by atoms with Crippen LogP contribution in [0.2, 0.25) is 0 Å². The normalized spacial score (nSPS) is 23.4. The topological polar surface area (TPSA) is 52.6 Å². The number of carbonyl (C=O) groups is 2. The lowest BCUT2D eigenvalue weighted by Crippen LogP contribution is -2.29. The predicted octanol–water partition coefficient (Wildman–Crippen LogP) is 1.84. The lowest BCUT2D eigenvalue weighted by atomic mass is 10.5. The molecule has 1 saturated heterocycles. The van der Waals surface area contributed by atoms with Crippen LogP contribution in [0.1, 0.15) is 12.8 Å². The molecule has 18 heavy (non-hydrogen) atoms. The van der Waals surface area contributed by atoms with Crippen LogP contribution in [0.25, 0.3) is 0 Å². The molecular formula is C10H16O4S4. The number of carbonyl (C=O) groups excluding carboxylic acids is 2. The van der Waals surface area contributed by atoms with Crippen molar-refractivity contribution in [1.82, 2.24) is 0 Å². The van der Waals surface area contributed by atoms with Gasteiger partial charge in [0.2, 0.25) is 0 Å². The Morgan fingerprint density at radius 3 is 1.61 bits per heavy atom. The molecule has 0 radical (unpaired) electrons. The second kappa shape index (κ2) is 9.28. The summed E-state index contributed by atoms with van der Waals surface area (Å²) in [6, 6.07) is 0. The molecule has 0 bridgehead atoms. The Balaban J connectivity index is 2.20. The first kappa shape index (κ1) is 16.4. The van der Waals surface area contributed by atoms with Crippen LogP contribution < -0.4 is 0 Å². The lowest BCUT2D eigenvalue weighted by Gasteiger charge is -2.27. The molecule has 0 aromatic heterocycles. The van der Waals surface area contributed by atoms with Crippen molar-refractivity contribution in [2.45, 2.75) is 23.7 Å². The molecule has 4 nitrogen and oxygen atoms in total. The summed E-state index contributed by atoms with van der Waals surface area (Å²) in [6.07, 6.45) is 0.649. The highest BCUT2D eigenvalue weighted by Crippen LogP contribution is 2.31. The van der Waals surface area contributed by atoms with Crippen LogP contribution in [-0.2, 0) is 19.1 Å². The summed E-state index contributed by atoms with van der Waals surface area (Å²) in [7, 11) is 0. The van der Waals surface area contributed by atoms with E-state index in [0.717, 1.165) is 0 Å². The van der Waals surface area contributed by atoms with Gasteiger partial charge < -0.3 is 9.47 Å². The molecule has 1 fully saturated rings. The maximum absolute atomic E-state index is 11.3. The van der Waals surface area contributed by atoms with Gasteiger partial charge in [0, 0.05) is 23.0 Å². The van der Waals surface area contributed by atoms with E-state index in [2.05, 4.69) is 25.3 Å². The largest absolute Gasteiger partial charge is 0.450 e. The molecule has 1 rings (SSSR count). The van der Waals surface area contributed by atoms with Crippen LogP contribution in [0.3, 0.4) is 0 Å². The molecule has 0 spiro atoms. The summed E-state index contributed by atoms with van der Waals surface area (Å²) < 4.78 is 10.5. The van der Waals surface area contributed by atoms with Crippen LogP contribution >= 0.6 is 48.8 Å². The van der Waals surface area contributed by atoms with Crippen molar-refractivity contribution < 1.29 is 19.1 Å². The zero-order valence-electron chi connectivity index (χ0n) is 9.74. The Labute approximate surface area is 126 Å². The number of rotatable bonds is 6. The van der Waals surface area contributed by atoms with Crippen LogP contribution in [0.4, 0.5) is 0 Å². The van der Waals surface area contributed by atoms with Crippen LogP contribution in [-0.4, -0.2) is 45.8 Å². The Bertz CT molecular complexity index is 251. The zero-order valence-corrected chi connectivity index (χ0v) is 13.2. The van der Waals surface area contributed by atoms with Crippen molar-refractivity contribution in [2.75, 3.05) is 23.0 Å². The van der Waals surface area contributed by atoms with Crippen molar-refractivity contribution in [1.29, 1.82) is 0 Å². The van der Waals surface area contributed by atoms with E-state index in [-0.39, 0.29) is 22.8 Å². The molecular weight excluding hydrogens is 312 g/mol. The van der Waals surface area contributed by atoms with E-state index in [0.29, 0.717) is 35.9 Å².